The third-order valence-electron chi connectivity index (χ3n) is 12.9. The quantitative estimate of drug-likeness (QED) is 0.113. The smallest absolute Gasteiger partial charge is 0.0633 e. The molecule has 51 heavy (non-hydrogen) atoms. The Bertz CT molecular complexity index is 3030. The minimum Gasteiger partial charge on any atom is -0.307 e. The SMILES string of the molecule is CC(C)(C)c1cc2c3cc(C(C)(C)C)cc4c5cc(C(C)(C)C)cc6c7cccc8c9cc(C(C)(C)C)cc%10c(c1)c2c1c(c34)c(c56)n(c87)c1c%109. The first-order valence-electron chi connectivity index (χ1n) is 19.0. The van der Waals surface area contributed by atoms with Crippen molar-refractivity contribution in [3.63, 3.8) is 0 Å². The lowest BCUT2D eigenvalue weighted by molar-refractivity contribution is 0.591. The van der Waals surface area contributed by atoms with E-state index in [1.807, 2.05) is 0 Å². The maximum atomic E-state index is 2.74. The molecule has 0 aliphatic rings. The molecular formula is C50H47N. The van der Waals surface area contributed by atoms with E-state index in [4.69, 9.17) is 0 Å². The van der Waals surface area contributed by atoms with E-state index in [0.29, 0.717) is 0 Å². The van der Waals surface area contributed by atoms with Crippen molar-refractivity contribution in [2.45, 2.75) is 105 Å². The monoisotopic (exact) mass is 661 g/mol. The predicted molar refractivity (Wildman–Crippen MR) is 226 cm³/mol. The molecule has 0 bridgehead atoms. The second-order valence-electron chi connectivity index (χ2n) is 20.3. The standard InChI is InChI=1S/C50H47N/c1-47(2,3)24-16-30-28-14-13-15-29-31-17-25(48(4,5)6)23-37-35-21-27(50(10,11)12)19-33-32-18-26(49(7,8)9)20-34-36(22-24)40(30)45-42(38(32)34)43(39(33)35)46(41(31)37)51(45)44(28)29/h13-23H,1-12H3. The van der Waals surface area contributed by atoms with Gasteiger partial charge in [-0.05, 0) is 136 Å². The molecule has 0 N–H and O–H groups in total. The number of pyridine rings is 2. The summed E-state index contributed by atoms with van der Waals surface area (Å²) in [4.78, 5) is 0. The van der Waals surface area contributed by atoms with Crippen LogP contribution >= 0.6 is 0 Å². The average molecular weight is 662 g/mol. The fourth-order valence-electron chi connectivity index (χ4n) is 10.0. The number of hydrogen-bond acceptors (Lipinski definition) is 0. The van der Waals surface area contributed by atoms with Gasteiger partial charge in [-0.1, -0.05) is 101 Å². The third kappa shape index (κ3) is 3.45. The Hall–Kier alpha value is -4.62. The van der Waals surface area contributed by atoms with Crippen LogP contribution in [0.1, 0.15) is 105 Å². The molecule has 252 valence electrons. The molecule has 0 amide bonds. The summed E-state index contributed by atoms with van der Waals surface area (Å²) in [5.41, 5.74) is 9.83. The molecule has 0 spiro atoms. The maximum absolute atomic E-state index is 2.74. The summed E-state index contributed by atoms with van der Waals surface area (Å²) in [6.07, 6.45) is 0. The van der Waals surface area contributed by atoms with Gasteiger partial charge in [0.25, 0.3) is 0 Å². The highest BCUT2D eigenvalue weighted by Crippen LogP contribution is 2.57. The van der Waals surface area contributed by atoms with Crippen molar-refractivity contribution < 1.29 is 0 Å². The first-order valence-corrected chi connectivity index (χ1v) is 19.0. The molecule has 0 atom stereocenters. The van der Waals surface area contributed by atoms with Crippen molar-refractivity contribution in [1.82, 2.24) is 4.40 Å². The minimum atomic E-state index is 0.000103. The maximum Gasteiger partial charge on any atom is 0.0633 e. The lowest BCUT2D eigenvalue weighted by Gasteiger charge is -2.26. The van der Waals surface area contributed by atoms with Crippen LogP contribution in [0.5, 0.6) is 0 Å². The van der Waals surface area contributed by atoms with Crippen molar-refractivity contribution in [3.05, 3.63) is 89.0 Å². The van der Waals surface area contributed by atoms with Crippen molar-refractivity contribution in [1.29, 1.82) is 0 Å². The first-order chi connectivity index (χ1) is 23.8. The highest BCUT2D eigenvalue weighted by Gasteiger charge is 2.33. The number of nitrogens with zero attached hydrogens (tertiary/aromatic N) is 1. The number of para-hydroxylation sites is 1. The summed E-state index contributed by atoms with van der Waals surface area (Å²) in [6, 6.07) is 27.6. The van der Waals surface area contributed by atoms with Gasteiger partial charge in [-0.2, -0.15) is 0 Å². The van der Waals surface area contributed by atoms with Gasteiger partial charge in [0.05, 0.1) is 16.6 Å². The van der Waals surface area contributed by atoms with Crippen LogP contribution in [0.3, 0.4) is 0 Å². The van der Waals surface area contributed by atoms with Crippen LogP contribution in [0.2, 0.25) is 0 Å². The van der Waals surface area contributed by atoms with Crippen LogP contribution in [0.25, 0.3) is 103 Å². The molecule has 11 rings (SSSR count). The van der Waals surface area contributed by atoms with Crippen LogP contribution in [-0.4, -0.2) is 4.40 Å². The van der Waals surface area contributed by atoms with Gasteiger partial charge in [-0.15, -0.1) is 0 Å². The van der Waals surface area contributed by atoms with E-state index in [1.165, 1.54) is 125 Å². The molecule has 3 aromatic heterocycles. The summed E-state index contributed by atoms with van der Waals surface area (Å²) < 4.78 is 2.74. The van der Waals surface area contributed by atoms with Crippen LogP contribution in [0, 0.1) is 0 Å². The molecule has 0 unspecified atom stereocenters. The van der Waals surface area contributed by atoms with Gasteiger partial charge in [-0.25, -0.2) is 0 Å². The number of benzene rings is 8. The second-order valence-corrected chi connectivity index (χ2v) is 20.3. The van der Waals surface area contributed by atoms with E-state index >= 15 is 0 Å². The average Bonchev–Trinajstić information content (AvgIpc) is 3.42. The Morgan fingerprint density at radius 1 is 0.294 bits per heavy atom. The van der Waals surface area contributed by atoms with Crippen LogP contribution < -0.4 is 0 Å². The van der Waals surface area contributed by atoms with Crippen LogP contribution in [0.15, 0.2) is 66.7 Å². The van der Waals surface area contributed by atoms with Gasteiger partial charge in [0.1, 0.15) is 0 Å². The molecule has 1 heteroatoms. The molecule has 1 nitrogen and oxygen atoms in total. The number of aromatic nitrogens is 1. The summed E-state index contributed by atoms with van der Waals surface area (Å²) in [7, 11) is 0. The zero-order valence-corrected chi connectivity index (χ0v) is 32.3. The number of fused-ring (bicyclic) bond motifs is 5. The summed E-state index contributed by atoms with van der Waals surface area (Å²) in [5.74, 6) is 0. The second kappa shape index (κ2) is 8.53. The third-order valence-corrected chi connectivity index (χ3v) is 12.9. The summed E-state index contributed by atoms with van der Waals surface area (Å²) >= 11 is 0. The van der Waals surface area contributed by atoms with Gasteiger partial charge in [-0.3, -0.25) is 0 Å². The van der Waals surface area contributed by atoms with Gasteiger partial charge >= 0.3 is 0 Å². The fourth-order valence-corrected chi connectivity index (χ4v) is 10.0. The van der Waals surface area contributed by atoms with E-state index < -0.39 is 0 Å². The Balaban J connectivity index is 1.61. The molecule has 0 fully saturated rings. The highest BCUT2D eigenvalue weighted by atomic mass is 14.9. The Labute approximate surface area is 299 Å². The molecule has 0 saturated heterocycles. The van der Waals surface area contributed by atoms with Crippen LogP contribution in [0.4, 0.5) is 0 Å². The molecular weight excluding hydrogens is 615 g/mol. The molecule has 0 saturated carbocycles. The topological polar surface area (TPSA) is 4.41 Å². The molecule has 3 heterocycles. The Kier molecular flexibility index (Phi) is 5.02. The van der Waals surface area contributed by atoms with Crippen molar-refractivity contribution >= 4 is 103 Å². The normalized spacial score (nSPS) is 14.7. The Morgan fingerprint density at radius 2 is 0.549 bits per heavy atom. The lowest BCUT2D eigenvalue weighted by atomic mass is 9.77. The van der Waals surface area contributed by atoms with E-state index in [-0.39, 0.29) is 21.7 Å². The molecule has 11 aromatic rings. The van der Waals surface area contributed by atoms with E-state index in [2.05, 4.69) is 154 Å². The largest absolute Gasteiger partial charge is 0.307 e. The fraction of sp³-hybridized carbons (Fsp3) is 0.320. The van der Waals surface area contributed by atoms with E-state index in [1.54, 1.807) is 0 Å². The van der Waals surface area contributed by atoms with Gasteiger partial charge in [0, 0.05) is 43.1 Å². The predicted octanol–water partition coefficient (Wildman–Crippen LogP) is 14.7. The molecule has 0 aliphatic heterocycles. The van der Waals surface area contributed by atoms with Gasteiger partial charge in [0.2, 0.25) is 0 Å². The zero-order chi connectivity index (χ0) is 35.6. The zero-order valence-electron chi connectivity index (χ0n) is 32.3. The highest BCUT2D eigenvalue weighted by molar-refractivity contribution is 6.52. The summed E-state index contributed by atoms with van der Waals surface area (Å²) in [6.45, 7) is 28.5. The van der Waals surface area contributed by atoms with Crippen molar-refractivity contribution in [2.24, 2.45) is 0 Å². The lowest BCUT2D eigenvalue weighted by Crippen LogP contribution is -2.12. The van der Waals surface area contributed by atoms with E-state index in [9.17, 15) is 0 Å². The van der Waals surface area contributed by atoms with Gasteiger partial charge in [0.15, 0.2) is 0 Å². The molecule has 0 radical (unpaired) electrons. The molecule has 0 aliphatic carbocycles. The van der Waals surface area contributed by atoms with Gasteiger partial charge < -0.3 is 4.40 Å². The number of hydrogen-bond donors (Lipinski definition) is 0. The first kappa shape index (κ1) is 30.0. The van der Waals surface area contributed by atoms with E-state index in [0.717, 1.165) is 0 Å². The van der Waals surface area contributed by atoms with Crippen molar-refractivity contribution in [2.75, 3.05) is 0 Å². The molecule has 8 aromatic carbocycles. The number of rotatable bonds is 0. The summed E-state index contributed by atoms with van der Waals surface area (Å²) in [5, 5.41) is 22.6. The Morgan fingerprint density at radius 3 is 0.824 bits per heavy atom. The van der Waals surface area contributed by atoms with Crippen molar-refractivity contribution in [3.8, 4) is 0 Å². The van der Waals surface area contributed by atoms with Crippen LogP contribution in [-0.2, 0) is 21.7 Å². The minimum absolute atomic E-state index is 0.000103.